The van der Waals surface area contributed by atoms with Crippen molar-refractivity contribution < 1.29 is 14.3 Å². The van der Waals surface area contributed by atoms with Gasteiger partial charge in [-0.05, 0) is 85.4 Å². The largest absolute Gasteiger partial charge is 0.451 e. The van der Waals surface area contributed by atoms with E-state index in [1.165, 1.54) is 80.0 Å². The molecule has 43 heavy (non-hydrogen) atoms. The molecule has 0 N–H and O–H groups in total. The Morgan fingerprint density at radius 3 is 1.74 bits per heavy atom. The normalized spacial score (nSPS) is 11.8. The number of ketones is 1. The third-order valence-corrected chi connectivity index (χ3v) is 8.44. The van der Waals surface area contributed by atoms with E-state index >= 15 is 0 Å². The van der Waals surface area contributed by atoms with Gasteiger partial charge >= 0.3 is 5.97 Å². The highest BCUT2D eigenvalue weighted by molar-refractivity contribution is 6.01. The first kappa shape index (κ1) is 34.3. The molecular weight excluding hydrogens is 528 g/mol. The van der Waals surface area contributed by atoms with Gasteiger partial charge in [-0.25, -0.2) is 4.79 Å². The third kappa shape index (κ3) is 11.4. The molecule has 0 saturated carbocycles. The standard InChI is InChI=1S/C40H54O3/c1-5-8-11-13-14-15-18-33-20-24-34(25-21-33)38-29-28-37(30-36(38)19-16-12-9-6-2)40(42)43-31(4)39(41)35-26-22-32(23-27-35)17-10-7-3/h20-31H,5-19H2,1-4H3. The molecule has 0 heterocycles. The average Bonchev–Trinajstić information content (AvgIpc) is 3.04. The summed E-state index contributed by atoms with van der Waals surface area (Å²) in [6, 6.07) is 22.5. The Hall–Kier alpha value is -3.20. The van der Waals surface area contributed by atoms with Crippen LogP contribution in [0.1, 0.15) is 142 Å². The fourth-order valence-corrected chi connectivity index (χ4v) is 5.65. The molecule has 0 amide bonds. The Balaban J connectivity index is 1.68. The number of esters is 1. The van der Waals surface area contributed by atoms with Gasteiger partial charge in [0.1, 0.15) is 0 Å². The Morgan fingerprint density at radius 2 is 1.09 bits per heavy atom. The number of carbonyl (C=O) groups is 2. The lowest BCUT2D eigenvalue weighted by molar-refractivity contribution is 0.0318. The van der Waals surface area contributed by atoms with Crippen molar-refractivity contribution in [2.45, 2.75) is 130 Å². The van der Waals surface area contributed by atoms with Gasteiger partial charge in [-0.2, -0.15) is 0 Å². The summed E-state index contributed by atoms with van der Waals surface area (Å²) < 4.78 is 5.69. The van der Waals surface area contributed by atoms with Crippen LogP contribution >= 0.6 is 0 Å². The van der Waals surface area contributed by atoms with E-state index in [-0.39, 0.29) is 5.78 Å². The fourth-order valence-electron chi connectivity index (χ4n) is 5.65. The summed E-state index contributed by atoms with van der Waals surface area (Å²) >= 11 is 0. The minimum Gasteiger partial charge on any atom is -0.451 e. The minimum absolute atomic E-state index is 0.173. The van der Waals surface area contributed by atoms with E-state index in [4.69, 9.17) is 4.74 Å². The summed E-state index contributed by atoms with van der Waals surface area (Å²) in [7, 11) is 0. The van der Waals surface area contributed by atoms with E-state index in [9.17, 15) is 9.59 Å². The summed E-state index contributed by atoms with van der Waals surface area (Å²) in [4.78, 5) is 26.2. The van der Waals surface area contributed by atoms with Crippen LogP contribution in [0, 0.1) is 0 Å². The maximum absolute atomic E-state index is 13.2. The fraction of sp³-hybridized carbons (Fsp3) is 0.500. The zero-order valence-corrected chi connectivity index (χ0v) is 27.3. The maximum atomic E-state index is 13.2. The molecule has 232 valence electrons. The van der Waals surface area contributed by atoms with Gasteiger partial charge in [0.05, 0.1) is 5.56 Å². The number of aryl methyl sites for hydroxylation is 3. The molecule has 0 aliphatic rings. The molecular formula is C40H54O3. The Bertz CT molecular complexity index is 1240. The highest BCUT2D eigenvalue weighted by Gasteiger charge is 2.21. The van der Waals surface area contributed by atoms with Gasteiger partial charge in [0, 0.05) is 5.56 Å². The van der Waals surface area contributed by atoms with E-state index < -0.39 is 12.1 Å². The zero-order chi connectivity index (χ0) is 30.9. The van der Waals surface area contributed by atoms with Crippen LogP contribution in [0.25, 0.3) is 11.1 Å². The smallest absolute Gasteiger partial charge is 0.338 e. The summed E-state index contributed by atoms with van der Waals surface area (Å²) in [6.07, 6.45) is 17.0. The van der Waals surface area contributed by atoms with Crippen LogP contribution in [0.2, 0.25) is 0 Å². The van der Waals surface area contributed by atoms with Gasteiger partial charge in [0.15, 0.2) is 6.10 Å². The number of Topliss-reactive ketones (excluding diaryl/α,β-unsaturated/α-hetero) is 1. The quantitative estimate of drug-likeness (QED) is 0.0756. The molecule has 3 heteroatoms. The number of hydrogen-bond acceptors (Lipinski definition) is 3. The van der Waals surface area contributed by atoms with Gasteiger partial charge in [0.2, 0.25) is 5.78 Å². The van der Waals surface area contributed by atoms with Crippen molar-refractivity contribution >= 4 is 11.8 Å². The second-order valence-corrected chi connectivity index (χ2v) is 12.1. The van der Waals surface area contributed by atoms with Crippen LogP contribution in [0.5, 0.6) is 0 Å². The first-order chi connectivity index (χ1) is 21.0. The van der Waals surface area contributed by atoms with Gasteiger partial charge < -0.3 is 4.74 Å². The lowest BCUT2D eigenvalue weighted by Gasteiger charge is -2.15. The summed E-state index contributed by atoms with van der Waals surface area (Å²) in [5.41, 5.74) is 7.21. The Labute approximate surface area is 261 Å². The third-order valence-electron chi connectivity index (χ3n) is 8.44. The summed E-state index contributed by atoms with van der Waals surface area (Å²) in [5, 5.41) is 0. The Kier molecular flexibility index (Phi) is 15.3. The number of unbranched alkanes of at least 4 members (excludes halogenated alkanes) is 9. The van der Waals surface area contributed by atoms with Crippen molar-refractivity contribution in [1.82, 2.24) is 0 Å². The van der Waals surface area contributed by atoms with Crippen molar-refractivity contribution in [2.24, 2.45) is 0 Å². The molecule has 1 unspecified atom stereocenters. The molecule has 1 atom stereocenters. The topological polar surface area (TPSA) is 43.4 Å². The second kappa shape index (κ2) is 19.2. The van der Waals surface area contributed by atoms with Crippen LogP contribution in [0.15, 0.2) is 66.7 Å². The lowest BCUT2D eigenvalue weighted by atomic mass is 9.93. The molecule has 3 rings (SSSR count). The SMILES string of the molecule is CCCCCCCCc1ccc(-c2ccc(C(=O)OC(C)C(=O)c3ccc(CCCC)cc3)cc2CCCCCC)cc1. The van der Waals surface area contributed by atoms with Crippen molar-refractivity contribution in [3.8, 4) is 11.1 Å². The van der Waals surface area contributed by atoms with E-state index in [1.807, 2.05) is 36.4 Å². The van der Waals surface area contributed by atoms with Crippen LogP contribution in [-0.4, -0.2) is 17.9 Å². The first-order valence-electron chi connectivity index (χ1n) is 17.0. The first-order valence-corrected chi connectivity index (χ1v) is 17.0. The van der Waals surface area contributed by atoms with Crippen molar-refractivity contribution in [2.75, 3.05) is 0 Å². The molecule has 3 nitrogen and oxygen atoms in total. The van der Waals surface area contributed by atoms with Gasteiger partial charge in [-0.3, -0.25) is 4.79 Å². The molecule has 0 saturated heterocycles. The van der Waals surface area contributed by atoms with E-state index in [1.54, 1.807) is 6.92 Å². The van der Waals surface area contributed by atoms with Crippen molar-refractivity contribution in [3.63, 3.8) is 0 Å². The predicted octanol–water partition coefficient (Wildman–Crippen LogP) is 11.2. The lowest BCUT2D eigenvalue weighted by Crippen LogP contribution is -2.24. The number of hydrogen-bond donors (Lipinski definition) is 0. The Morgan fingerprint density at radius 1 is 0.581 bits per heavy atom. The van der Waals surface area contributed by atoms with E-state index in [0.29, 0.717) is 11.1 Å². The molecule has 0 aliphatic carbocycles. The molecule has 0 bridgehead atoms. The van der Waals surface area contributed by atoms with Crippen LogP contribution in [0.4, 0.5) is 0 Å². The predicted molar refractivity (Wildman–Crippen MR) is 181 cm³/mol. The molecule has 3 aromatic carbocycles. The molecule has 0 fully saturated rings. The molecule has 0 aliphatic heterocycles. The highest BCUT2D eigenvalue weighted by Crippen LogP contribution is 2.28. The van der Waals surface area contributed by atoms with Gasteiger partial charge in [0.25, 0.3) is 0 Å². The number of rotatable bonds is 20. The molecule has 0 spiro atoms. The summed E-state index contributed by atoms with van der Waals surface area (Å²) in [5.74, 6) is -0.621. The average molecular weight is 583 g/mol. The monoisotopic (exact) mass is 582 g/mol. The van der Waals surface area contributed by atoms with Crippen molar-refractivity contribution in [1.29, 1.82) is 0 Å². The number of carbonyl (C=O) groups excluding carboxylic acids is 2. The van der Waals surface area contributed by atoms with Crippen LogP contribution < -0.4 is 0 Å². The number of ether oxygens (including phenoxy) is 1. The van der Waals surface area contributed by atoms with E-state index in [2.05, 4.69) is 51.1 Å². The second-order valence-electron chi connectivity index (χ2n) is 12.1. The van der Waals surface area contributed by atoms with E-state index in [0.717, 1.165) is 44.1 Å². The van der Waals surface area contributed by atoms with Gasteiger partial charge in [-0.1, -0.05) is 133 Å². The van der Waals surface area contributed by atoms with Gasteiger partial charge in [-0.15, -0.1) is 0 Å². The zero-order valence-electron chi connectivity index (χ0n) is 27.3. The van der Waals surface area contributed by atoms with Crippen LogP contribution in [0.3, 0.4) is 0 Å². The molecule has 0 aromatic heterocycles. The number of benzene rings is 3. The maximum Gasteiger partial charge on any atom is 0.338 e. The molecule has 0 radical (unpaired) electrons. The summed E-state index contributed by atoms with van der Waals surface area (Å²) in [6.45, 7) is 8.32. The molecule has 3 aromatic rings. The van der Waals surface area contributed by atoms with Crippen molar-refractivity contribution in [3.05, 3.63) is 94.5 Å². The minimum atomic E-state index is -0.846. The van der Waals surface area contributed by atoms with Crippen LogP contribution in [-0.2, 0) is 24.0 Å². The highest BCUT2D eigenvalue weighted by atomic mass is 16.5.